The summed E-state index contributed by atoms with van der Waals surface area (Å²) in [5, 5.41) is 3.02. The van der Waals surface area contributed by atoms with Gasteiger partial charge in [0.25, 0.3) is 5.91 Å². The molecule has 0 aromatic heterocycles. The standard InChI is InChI=1S/C20H29N3O2/c21-17-7-12-25-13-18(17)22-19(24)15-3-5-16(6-4-15)20(8-9-20)14-23-10-1-2-11-23/h3-6,17-18H,1-2,7-14,21H2,(H,22,24). The molecule has 2 atom stereocenters. The molecule has 1 saturated carbocycles. The van der Waals surface area contributed by atoms with Crippen molar-refractivity contribution in [1.82, 2.24) is 10.2 Å². The number of likely N-dealkylation sites (tertiary alicyclic amines) is 1. The summed E-state index contributed by atoms with van der Waals surface area (Å²) < 4.78 is 5.43. The van der Waals surface area contributed by atoms with Gasteiger partial charge < -0.3 is 20.7 Å². The molecule has 4 rings (SSSR count). The van der Waals surface area contributed by atoms with Crippen molar-refractivity contribution in [3.63, 3.8) is 0 Å². The normalized spacial score (nSPS) is 28.7. The maximum absolute atomic E-state index is 12.5. The third kappa shape index (κ3) is 3.73. The lowest BCUT2D eigenvalue weighted by molar-refractivity contribution is 0.0534. The number of carbonyl (C=O) groups is 1. The van der Waals surface area contributed by atoms with E-state index in [0.717, 1.165) is 6.42 Å². The molecular formula is C20H29N3O2. The predicted octanol–water partition coefficient (Wildman–Crippen LogP) is 1.66. The molecule has 3 N–H and O–H groups in total. The van der Waals surface area contributed by atoms with Crippen molar-refractivity contribution in [2.24, 2.45) is 5.73 Å². The second kappa shape index (κ2) is 7.06. The summed E-state index contributed by atoms with van der Waals surface area (Å²) >= 11 is 0. The van der Waals surface area contributed by atoms with Crippen LogP contribution in [0.2, 0.25) is 0 Å². The average molecular weight is 343 g/mol. The van der Waals surface area contributed by atoms with Gasteiger partial charge in [-0.25, -0.2) is 0 Å². The Labute approximate surface area is 149 Å². The lowest BCUT2D eigenvalue weighted by atomic mass is 9.94. The van der Waals surface area contributed by atoms with E-state index in [-0.39, 0.29) is 18.0 Å². The summed E-state index contributed by atoms with van der Waals surface area (Å²) in [7, 11) is 0. The molecule has 0 spiro atoms. The fourth-order valence-electron chi connectivity index (χ4n) is 4.19. The van der Waals surface area contributed by atoms with Crippen molar-refractivity contribution in [1.29, 1.82) is 0 Å². The number of nitrogens with two attached hydrogens (primary N) is 1. The number of ether oxygens (including phenoxy) is 1. The first kappa shape index (κ1) is 17.0. The average Bonchev–Trinajstić information content (AvgIpc) is 3.23. The Hall–Kier alpha value is -1.43. The second-order valence-corrected chi connectivity index (χ2v) is 7.95. The zero-order valence-electron chi connectivity index (χ0n) is 14.9. The minimum atomic E-state index is -0.0918. The summed E-state index contributed by atoms with van der Waals surface area (Å²) in [6.07, 6.45) is 6.00. The van der Waals surface area contributed by atoms with Crippen LogP contribution in [-0.4, -0.2) is 55.7 Å². The molecule has 0 bridgehead atoms. The van der Waals surface area contributed by atoms with E-state index in [4.69, 9.17) is 10.5 Å². The van der Waals surface area contributed by atoms with Crippen molar-refractivity contribution in [3.8, 4) is 0 Å². The minimum absolute atomic E-state index is 0.0211. The topological polar surface area (TPSA) is 67.6 Å². The van der Waals surface area contributed by atoms with Gasteiger partial charge in [0, 0.05) is 30.2 Å². The van der Waals surface area contributed by atoms with Gasteiger partial charge in [-0.2, -0.15) is 0 Å². The number of hydrogen-bond acceptors (Lipinski definition) is 4. The molecule has 3 aliphatic rings. The number of rotatable bonds is 5. The van der Waals surface area contributed by atoms with E-state index in [0.29, 0.717) is 24.2 Å². The van der Waals surface area contributed by atoms with Crippen molar-refractivity contribution in [2.45, 2.75) is 49.6 Å². The third-order valence-corrected chi connectivity index (χ3v) is 6.06. The van der Waals surface area contributed by atoms with E-state index in [9.17, 15) is 4.79 Å². The molecule has 1 aliphatic carbocycles. The van der Waals surface area contributed by atoms with Crippen LogP contribution >= 0.6 is 0 Å². The van der Waals surface area contributed by atoms with Gasteiger partial charge in [-0.05, 0) is 62.9 Å². The van der Waals surface area contributed by atoms with E-state index >= 15 is 0 Å². The minimum Gasteiger partial charge on any atom is -0.379 e. The molecule has 3 fully saturated rings. The Morgan fingerprint density at radius 2 is 1.96 bits per heavy atom. The SMILES string of the molecule is NC1CCOCC1NC(=O)c1ccc(C2(CN3CCCC3)CC2)cc1. The molecule has 5 heteroatoms. The summed E-state index contributed by atoms with van der Waals surface area (Å²) in [4.78, 5) is 15.1. The van der Waals surface area contributed by atoms with Gasteiger partial charge in [0.05, 0.1) is 12.6 Å². The highest BCUT2D eigenvalue weighted by molar-refractivity contribution is 5.94. The Morgan fingerprint density at radius 1 is 1.24 bits per heavy atom. The maximum Gasteiger partial charge on any atom is 0.251 e. The van der Waals surface area contributed by atoms with Gasteiger partial charge in [0.2, 0.25) is 0 Å². The van der Waals surface area contributed by atoms with E-state index in [1.807, 2.05) is 12.1 Å². The summed E-state index contributed by atoms with van der Waals surface area (Å²) in [6.45, 7) is 4.84. The van der Waals surface area contributed by atoms with Crippen LogP contribution in [0.1, 0.15) is 48.0 Å². The van der Waals surface area contributed by atoms with Crippen LogP contribution < -0.4 is 11.1 Å². The first-order valence-electron chi connectivity index (χ1n) is 9.63. The fraction of sp³-hybridized carbons (Fsp3) is 0.650. The van der Waals surface area contributed by atoms with Crippen LogP contribution in [0.25, 0.3) is 0 Å². The molecule has 25 heavy (non-hydrogen) atoms. The molecule has 2 saturated heterocycles. The third-order valence-electron chi connectivity index (χ3n) is 6.06. The number of amides is 1. The number of nitrogens with zero attached hydrogens (tertiary/aromatic N) is 1. The smallest absolute Gasteiger partial charge is 0.251 e. The molecule has 1 amide bonds. The first-order valence-corrected chi connectivity index (χ1v) is 9.63. The van der Waals surface area contributed by atoms with Crippen LogP contribution in [0.3, 0.4) is 0 Å². The molecular weight excluding hydrogens is 314 g/mol. The zero-order chi connectivity index (χ0) is 17.3. The highest BCUT2D eigenvalue weighted by Gasteiger charge is 2.45. The lowest BCUT2D eigenvalue weighted by Crippen LogP contribution is -2.53. The van der Waals surface area contributed by atoms with Crippen LogP contribution in [0.5, 0.6) is 0 Å². The van der Waals surface area contributed by atoms with E-state index in [1.165, 1.54) is 50.9 Å². The van der Waals surface area contributed by atoms with Gasteiger partial charge in [0.1, 0.15) is 0 Å². The van der Waals surface area contributed by atoms with Crippen LogP contribution in [0, 0.1) is 0 Å². The Bertz CT molecular complexity index is 606. The molecule has 2 heterocycles. The van der Waals surface area contributed by atoms with Crippen LogP contribution in [-0.2, 0) is 10.2 Å². The fourth-order valence-corrected chi connectivity index (χ4v) is 4.19. The van der Waals surface area contributed by atoms with Gasteiger partial charge in [-0.15, -0.1) is 0 Å². The number of benzene rings is 1. The first-order chi connectivity index (χ1) is 12.2. The highest BCUT2D eigenvalue weighted by atomic mass is 16.5. The molecule has 2 unspecified atom stereocenters. The Kier molecular flexibility index (Phi) is 4.80. The van der Waals surface area contributed by atoms with Crippen molar-refractivity contribution >= 4 is 5.91 Å². The van der Waals surface area contributed by atoms with Crippen molar-refractivity contribution < 1.29 is 9.53 Å². The molecule has 136 valence electrons. The molecule has 0 radical (unpaired) electrons. The number of hydrogen-bond donors (Lipinski definition) is 2. The van der Waals surface area contributed by atoms with Crippen molar-refractivity contribution in [2.75, 3.05) is 32.8 Å². The number of carbonyl (C=O) groups excluding carboxylic acids is 1. The van der Waals surface area contributed by atoms with Gasteiger partial charge in [-0.3, -0.25) is 4.79 Å². The largest absolute Gasteiger partial charge is 0.379 e. The number of nitrogens with one attached hydrogen (secondary N) is 1. The summed E-state index contributed by atoms with van der Waals surface area (Å²) in [5.74, 6) is -0.0538. The summed E-state index contributed by atoms with van der Waals surface area (Å²) in [6, 6.07) is 8.11. The highest BCUT2D eigenvalue weighted by Crippen LogP contribution is 2.49. The maximum atomic E-state index is 12.5. The molecule has 1 aromatic rings. The van der Waals surface area contributed by atoms with Gasteiger partial charge >= 0.3 is 0 Å². The molecule has 1 aromatic carbocycles. The van der Waals surface area contributed by atoms with Gasteiger partial charge in [-0.1, -0.05) is 12.1 Å². The summed E-state index contributed by atoms with van der Waals surface area (Å²) in [5.41, 5.74) is 8.50. The van der Waals surface area contributed by atoms with Crippen LogP contribution in [0.4, 0.5) is 0 Å². The van der Waals surface area contributed by atoms with E-state index in [2.05, 4.69) is 22.3 Å². The van der Waals surface area contributed by atoms with Crippen LogP contribution in [0.15, 0.2) is 24.3 Å². The van der Waals surface area contributed by atoms with Crippen molar-refractivity contribution in [3.05, 3.63) is 35.4 Å². The lowest BCUT2D eigenvalue weighted by Gasteiger charge is -2.29. The van der Waals surface area contributed by atoms with E-state index < -0.39 is 0 Å². The predicted molar refractivity (Wildman–Crippen MR) is 97.7 cm³/mol. The second-order valence-electron chi connectivity index (χ2n) is 7.95. The Morgan fingerprint density at radius 3 is 2.60 bits per heavy atom. The monoisotopic (exact) mass is 343 g/mol. The van der Waals surface area contributed by atoms with Gasteiger partial charge in [0.15, 0.2) is 0 Å². The Balaban J connectivity index is 1.38. The molecule has 5 nitrogen and oxygen atoms in total. The zero-order valence-corrected chi connectivity index (χ0v) is 14.9. The molecule has 2 aliphatic heterocycles. The quantitative estimate of drug-likeness (QED) is 0.853. The van der Waals surface area contributed by atoms with E-state index in [1.54, 1.807) is 0 Å².